The van der Waals surface area contributed by atoms with Gasteiger partial charge in [0.1, 0.15) is 0 Å². The number of para-hydroxylation sites is 1. The number of hydrogen-bond donors (Lipinski definition) is 2. The number of thiocarbonyl (C=S) groups is 1. The molecule has 32 heavy (non-hydrogen) atoms. The topological polar surface area (TPSA) is 105 Å². The van der Waals surface area contributed by atoms with E-state index in [4.69, 9.17) is 12.2 Å². The number of anilines is 1. The summed E-state index contributed by atoms with van der Waals surface area (Å²) in [6.07, 6.45) is 7.07. The van der Waals surface area contributed by atoms with Crippen LogP contribution in [0.2, 0.25) is 0 Å². The number of carbonyl (C=O) groups excluding carboxylic acids is 2. The maximum atomic E-state index is 13.0. The maximum Gasteiger partial charge on any atom is 0.269 e. The fraction of sp³-hybridized carbons (Fsp3) is 0.261. The number of amides is 2. The summed E-state index contributed by atoms with van der Waals surface area (Å²) >= 11 is 5.24. The van der Waals surface area contributed by atoms with Gasteiger partial charge in [-0.15, -0.1) is 0 Å². The molecule has 1 aliphatic heterocycles. The molecule has 1 heterocycles. The Kier molecular flexibility index (Phi) is 8.04. The average molecular weight is 453 g/mol. The molecule has 0 bridgehead atoms. The van der Waals surface area contributed by atoms with E-state index in [-0.39, 0.29) is 16.7 Å². The Hall–Kier alpha value is -3.59. The van der Waals surface area contributed by atoms with Crippen LogP contribution >= 0.6 is 12.2 Å². The second-order valence-electron chi connectivity index (χ2n) is 7.38. The van der Waals surface area contributed by atoms with Crippen molar-refractivity contribution in [2.24, 2.45) is 0 Å². The first-order valence-electron chi connectivity index (χ1n) is 10.4. The zero-order chi connectivity index (χ0) is 22.9. The molecule has 0 aromatic heterocycles. The molecular weight excluding hydrogens is 428 g/mol. The summed E-state index contributed by atoms with van der Waals surface area (Å²) in [6, 6.07) is 12.9. The Bertz CT molecular complexity index is 1030. The molecule has 8 nitrogen and oxygen atoms in total. The zero-order valence-corrected chi connectivity index (χ0v) is 18.3. The second-order valence-corrected chi connectivity index (χ2v) is 7.79. The fourth-order valence-electron chi connectivity index (χ4n) is 3.41. The SMILES string of the molecule is O=C(/C=C/c1ccc([N+](=O)[O-])cc1)NC(=S)Nc1ccccc1C(=O)N1CCCCCC1. The van der Waals surface area contributed by atoms with E-state index >= 15 is 0 Å². The Morgan fingerprint density at radius 3 is 2.31 bits per heavy atom. The largest absolute Gasteiger partial charge is 0.339 e. The molecule has 0 saturated carbocycles. The van der Waals surface area contributed by atoms with Crippen molar-refractivity contribution in [2.45, 2.75) is 25.7 Å². The number of likely N-dealkylation sites (tertiary alicyclic amines) is 1. The monoisotopic (exact) mass is 452 g/mol. The molecule has 2 amide bonds. The van der Waals surface area contributed by atoms with Gasteiger partial charge >= 0.3 is 0 Å². The van der Waals surface area contributed by atoms with Crippen LogP contribution in [0.1, 0.15) is 41.6 Å². The van der Waals surface area contributed by atoms with Gasteiger partial charge in [0.05, 0.1) is 16.2 Å². The van der Waals surface area contributed by atoms with E-state index in [1.165, 1.54) is 24.3 Å². The van der Waals surface area contributed by atoms with Crippen LogP contribution in [-0.4, -0.2) is 39.8 Å². The average Bonchev–Trinajstić information content (AvgIpc) is 3.07. The van der Waals surface area contributed by atoms with Gasteiger partial charge in [-0.1, -0.05) is 25.0 Å². The lowest BCUT2D eigenvalue weighted by molar-refractivity contribution is -0.384. The third-order valence-corrected chi connectivity index (χ3v) is 5.27. The minimum Gasteiger partial charge on any atom is -0.339 e. The van der Waals surface area contributed by atoms with Crippen LogP contribution in [0.25, 0.3) is 6.08 Å². The lowest BCUT2D eigenvalue weighted by Gasteiger charge is -2.22. The van der Waals surface area contributed by atoms with Crippen LogP contribution in [0.15, 0.2) is 54.6 Å². The Balaban J connectivity index is 1.60. The highest BCUT2D eigenvalue weighted by Crippen LogP contribution is 2.20. The lowest BCUT2D eigenvalue weighted by atomic mass is 10.1. The van der Waals surface area contributed by atoms with Crippen LogP contribution < -0.4 is 10.6 Å². The molecule has 1 aliphatic rings. The van der Waals surface area contributed by atoms with Crippen LogP contribution in [0, 0.1) is 10.1 Å². The first kappa shape index (κ1) is 23.1. The van der Waals surface area contributed by atoms with Gasteiger partial charge in [-0.2, -0.15) is 0 Å². The molecule has 0 aliphatic carbocycles. The predicted octanol–water partition coefficient (Wildman–Crippen LogP) is 4.14. The molecular formula is C23H24N4O4S. The Morgan fingerprint density at radius 1 is 1.00 bits per heavy atom. The van der Waals surface area contributed by atoms with E-state index in [1.54, 1.807) is 36.4 Å². The highest BCUT2D eigenvalue weighted by Gasteiger charge is 2.20. The molecule has 166 valence electrons. The van der Waals surface area contributed by atoms with Crippen molar-refractivity contribution >= 4 is 46.6 Å². The summed E-state index contributed by atoms with van der Waals surface area (Å²) in [4.78, 5) is 37.3. The number of carbonyl (C=O) groups is 2. The molecule has 9 heteroatoms. The van der Waals surface area contributed by atoms with Crippen molar-refractivity contribution < 1.29 is 14.5 Å². The molecule has 0 atom stereocenters. The van der Waals surface area contributed by atoms with Crippen molar-refractivity contribution in [3.63, 3.8) is 0 Å². The molecule has 2 aromatic carbocycles. The first-order valence-corrected chi connectivity index (χ1v) is 10.8. The van der Waals surface area contributed by atoms with E-state index in [2.05, 4.69) is 10.6 Å². The molecule has 3 rings (SSSR count). The molecule has 0 spiro atoms. The third kappa shape index (κ3) is 6.45. The van der Waals surface area contributed by atoms with Crippen molar-refractivity contribution in [1.82, 2.24) is 10.2 Å². The number of nitrogens with one attached hydrogen (secondary N) is 2. The molecule has 0 unspecified atom stereocenters. The minimum atomic E-state index is -0.486. The van der Waals surface area contributed by atoms with Crippen LogP contribution in [0.4, 0.5) is 11.4 Å². The lowest BCUT2D eigenvalue weighted by Crippen LogP contribution is -2.35. The zero-order valence-electron chi connectivity index (χ0n) is 17.5. The number of hydrogen-bond acceptors (Lipinski definition) is 5. The quantitative estimate of drug-likeness (QED) is 0.306. The molecule has 1 saturated heterocycles. The minimum absolute atomic E-state index is 0.0228. The predicted molar refractivity (Wildman–Crippen MR) is 127 cm³/mol. The third-order valence-electron chi connectivity index (χ3n) is 5.07. The molecule has 2 aromatic rings. The van der Waals surface area contributed by atoms with E-state index in [0.29, 0.717) is 16.8 Å². The van der Waals surface area contributed by atoms with Crippen molar-refractivity contribution in [2.75, 3.05) is 18.4 Å². The molecule has 1 fully saturated rings. The van der Waals surface area contributed by atoms with Gasteiger partial charge in [0, 0.05) is 31.3 Å². The van der Waals surface area contributed by atoms with E-state index in [0.717, 1.165) is 38.8 Å². The van der Waals surface area contributed by atoms with Crippen molar-refractivity contribution in [3.8, 4) is 0 Å². The summed E-state index contributed by atoms with van der Waals surface area (Å²) in [5.74, 6) is -0.514. The summed E-state index contributed by atoms with van der Waals surface area (Å²) in [5, 5.41) is 16.3. The Morgan fingerprint density at radius 2 is 1.66 bits per heavy atom. The maximum absolute atomic E-state index is 13.0. The second kappa shape index (κ2) is 11.1. The van der Waals surface area contributed by atoms with Gasteiger partial charge < -0.3 is 10.2 Å². The van der Waals surface area contributed by atoms with Gasteiger partial charge in [0.2, 0.25) is 5.91 Å². The highest BCUT2D eigenvalue weighted by atomic mass is 32.1. The standard InChI is InChI=1S/C23H24N4O4S/c28-21(14-11-17-9-12-18(13-10-17)27(30)31)25-23(32)24-20-8-4-3-7-19(20)22(29)26-15-5-1-2-6-16-26/h3-4,7-14H,1-2,5-6,15-16H2,(H2,24,25,28,32)/b14-11+. The van der Waals surface area contributed by atoms with Crippen LogP contribution in [-0.2, 0) is 4.79 Å². The number of nitro groups is 1. The number of nitro benzene ring substituents is 1. The number of nitrogens with zero attached hydrogens (tertiary/aromatic N) is 2. The fourth-order valence-corrected chi connectivity index (χ4v) is 3.62. The smallest absolute Gasteiger partial charge is 0.269 e. The van der Waals surface area contributed by atoms with E-state index in [1.807, 2.05) is 4.90 Å². The van der Waals surface area contributed by atoms with Gasteiger partial charge in [-0.05, 0) is 61.0 Å². The number of benzene rings is 2. The van der Waals surface area contributed by atoms with Crippen molar-refractivity contribution in [1.29, 1.82) is 0 Å². The summed E-state index contributed by atoms with van der Waals surface area (Å²) in [6.45, 7) is 1.48. The van der Waals surface area contributed by atoms with E-state index in [9.17, 15) is 19.7 Å². The first-order chi connectivity index (χ1) is 15.4. The van der Waals surface area contributed by atoms with Crippen molar-refractivity contribution in [3.05, 3.63) is 75.8 Å². The summed E-state index contributed by atoms with van der Waals surface area (Å²) < 4.78 is 0. The van der Waals surface area contributed by atoms with Gasteiger partial charge in [0.15, 0.2) is 5.11 Å². The summed E-state index contributed by atoms with van der Waals surface area (Å²) in [7, 11) is 0. The summed E-state index contributed by atoms with van der Waals surface area (Å²) in [5.41, 5.74) is 1.65. The van der Waals surface area contributed by atoms with E-state index < -0.39 is 10.8 Å². The number of rotatable bonds is 5. The number of non-ortho nitro benzene ring substituents is 1. The van der Waals surface area contributed by atoms with Crippen LogP contribution in [0.5, 0.6) is 0 Å². The van der Waals surface area contributed by atoms with Gasteiger partial charge in [0.25, 0.3) is 11.6 Å². The highest BCUT2D eigenvalue weighted by molar-refractivity contribution is 7.80. The molecule has 0 radical (unpaired) electrons. The normalized spacial score (nSPS) is 13.9. The van der Waals surface area contributed by atoms with Gasteiger partial charge in [-0.3, -0.25) is 25.0 Å². The Labute approximate surface area is 191 Å². The van der Waals surface area contributed by atoms with Gasteiger partial charge in [-0.25, -0.2) is 0 Å². The van der Waals surface area contributed by atoms with Crippen LogP contribution in [0.3, 0.4) is 0 Å². The molecule has 2 N–H and O–H groups in total.